The molecule has 2 aromatic rings. The van der Waals surface area contributed by atoms with Gasteiger partial charge in [0, 0.05) is 18.7 Å². The third-order valence-electron chi connectivity index (χ3n) is 2.81. The number of hydrogen-bond donors (Lipinski definition) is 1. The van der Waals surface area contributed by atoms with Crippen LogP contribution in [-0.4, -0.2) is 11.0 Å². The summed E-state index contributed by atoms with van der Waals surface area (Å²) in [6.07, 6.45) is 0. The first-order chi connectivity index (χ1) is 9.08. The second-order valence-electron chi connectivity index (χ2n) is 4.23. The van der Waals surface area contributed by atoms with Gasteiger partial charge in [0.15, 0.2) is 11.6 Å². The second kappa shape index (κ2) is 5.52. The second-order valence-corrected chi connectivity index (χ2v) is 4.23. The van der Waals surface area contributed by atoms with Crippen molar-refractivity contribution in [2.75, 3.05) is 4.90 Å². The summed E-state index contributed by atoms with van der Waals surface area (Å²) < 4.78 is 13.4. The highest BCUT2D eigenvalue weighted by Gasteiger charge is 2.14. The van der Waals surface area contributed by atoms with Crippen molar-refractivity contribution in [3.05, 3.63) is 59.9 Å². The molecule has 0 heterocycles. The zero-order valence-corrected chi connectivity index (χ0v) is 10.5. The normalized spacial score (nSPS) is 10.2. The van der Waals surface area contributed by atoms with Crippen LogP contribution >= 0.6 is 0 Å². The van der Waals surface area contributed by atoms with Crippen LogP contribution in [0, 0.1) is 5.82 Å². The van der Waals surface area contributed by atoms with Gasteiger partial charge < -0.3 is 10.0 Å². The molecular formula is C15H14FNO2. The molecule has 3 nitrogen and oxygen atoms in total. The number of amides is 1. The Kier molecular flexibility index (Phi) is 3.80. The lowest BCUT2D eigenvalue weighted by molar-refractivity contribution is -0.116. The molecule has 0 aromatic heterocycles. The van der Waals surface area contributed by atoms with Crippen LogP contribution in [0.15, 0.2) is 48.5 Å². The molecule has 0 saturated carbocycles. The fraction of sp³-hybridized carbons (Fsp3) is 0.133. The highest BCUT2D eigenvalue weighted by molar-refractivity contribution is 5.91. The minimum atomic E-state index is -0.739. The number of carbonyl (C=O) groups is 1. The quantitative estimate of drug-likeness (QED) is 0.920. The molecule has 0 atom stereocenters. The molecule has 2 rings (SSSR count). The van der Waals surface area contributed by atoms with Crippen molar-refractivity contribution in [1.29, 1.82) is 0 Å². The van der Waals surface area contributed by atoms with Crippen LogP contribution in [-0.2, 0) is 11.3 Å². The lowest BCUT2D eigenvalue weighted by atomic mass is 10.2. The number of phenolic OH excluding ortho intramolecular Hbond substituents is 1. The summed E-state index contributed by atoms with van der Waals surface area (Å²) in [5.74, 6) is -1.35. The maximum atomic E-state index is 13.4. The predicted molar refractivity (Wildman–Crippen MR) is 71.4 cm³/mol. The number of rotatable bonds is 3. The van der Waals surface area contributed by atoms with E-state index in [2.05, 4.69) is 0 Å². The summed E-state index contributed by atoms with van der Waals surface area (Å²) in [7, 11) is 0. The van der Waals surface area contributed by atoms with Gasteiger partial charge in [-0.25, -0.2) is 4.39 Å². The Morgan fingerprint density at radius 3 is 2.47 bits per heavy atom. The SMILES string of the molecule is CC(=O)N(Cc1ccccc1)c1ccc(O)c(F)c1. The van der Waals surface area contributed by atoms with E-state index in [4.69, 9.17) is 0 Å². The van der Waals surface area contributed by atoms with Gasteiger partial charge in [-0.3, -0.25) is 4.79 Å². The average molecular weight is 259 g/mol. The molecule has 0 aliphatic carbocycles. The highest BCUT2D eigenvalue weighted by Crippen LogP contribution is 2.24. The number of halogens is 1. The summed E-state index contributed by atoms with van der Waals surface area (Å²) >= 11 is 0. The number of hydrogen-bond acceptors (Lipinski definition) is 2. The standard InChI is InChI=1S/C15H14FNO2/c1-11(18)17(10-12-5-3-2-4-6-12)13-7-8-15(19)14(16)9-13/h2-9,19H,10H2,1H3. The van der Waals surface area contributed by atoms with Crippen LogP contribution in [0.2, 0.25) is 0 Å². The van der Waals surface area contributed by atoms with Crippen molar-refractivity contribution >= 4 is 11.6 Å². The summed E-state index contributed by atoms with van der Waals surface area (Å²) in [6, 6.07) is 13.4. The van der Waals surface area contributed by atoms with Crippen molar-refractivity contribution in [3.8, 4) is 5.75 Å². The Morgan fingerprint density at radius 1 is 1.21 bits per heavy atom. The van der Waals surface area contributed by atoms with E-state index < -0.39 is 11.6 Å². The van der Waals surface area contributed by atoms with Gasteiger partial charge in [0.05, 0.1) is 6.54 Å². The highest BCUT2D eigenvalue weighted by atomic mass is 19.1. The van der Waals surface area contributed by atoms with E-state index in [9.17, 15) is 14.3 Å². The third-order valence-corrected chi connectivity index (χ3v) is 2.81. The van der Waals surface area contributed by atoms with Gasteiger partial charge >= 0.3 is 0 Å². The van der Waals surface area contributed by atoms with Crippen LogP contribution in [0.1, 0.15) is 12.5 Å². The van der Waals surface area contributed by atoms with Gasteiger partial charge in [-0.2, -0.15) is 0 Å². The number of carbonyl (C=O) groups excluding carboxylic acids is 1. The van der Waals surface area contributed by atoms with Gasteiger partial charge in [0.1, 0.15) is 0 Å². The van der Waals surface area contributed by atoms with E-state index >= 15 is 0 Å². The molecule has 98 valence electrons. The number of benzene rings is 2. The van der Waals surface area contributed by atoms with E-state index in [1.165, 1.54) is 24.0 Å². The Bertz CT molecular complexity index is 584. The lowest BCUT2D eigenvalue weighted by Crippen LogP contribution is -2.27. The Balaban J connectivity index is 2.30. The number of phenols is 1. The maximum absolute atomic E-state index is 13.4. The Morgan fingerprint density at radius 2 is 1.89 bits per heavy atom. The van der Waals surface area contributed by atoms with Gasteiger partial charge in [0.25, 0.3) is 0 Å². The smallest absolute Gasteiger partial charge is 0.224 e. The molecule has 1 N–H and O–H groups in total. The number of anilines is 1. The molecule has 4 heteroatoms. The average Bonchev–Trinajstić information content (AvgIpc) is 2.40. The van der Waals surface area contributed by atoms with Crippen LogP contribution < -0.4 is 4.90 Å². The molecule has 0 saturated heterocycles. The van der Waals surface area contributed by atoms with Crippen LogP contribution in [0.4, 0.5) is 10.1 Å². The maximum Gasteiger partial charge on any atom is 0.224 e. The molecule has 0 spiro atoms. The van der Waals surface area contributed by atoms with Crippen molar-refractivity contribution in [2.24, 2.45) is 0 Å². The fourth-order valence-corrected chi connectivity index (χ4v) is 1.81. The van der Waals surface area contributed by atoms with E-state index in [1.807, 2.05) is 30.3 Å². The molecule has 0 unspecified atom stereocenters. The van der Waals surface area contributed by atoms with Crippen molar-refractivity contribution in [2.45, 2.75) is 13.5 Å². The van der Waals surface area contributed by atoms with Gasteiger partial charge in [0.2, 0.25) is 5.91 Å². The zero-order valence-electron chi connectivity index (χ0n) is 10.5. The number of aromatic hydroxyl groups is 1. The molecular weight excluding hydrogens is 245 g/mol. The molecule has 0 bridgehead atoms. The van der Waals surface area contributed by atoms with Crippen LogP contribution in [0.3, 0.4) is 0 Å². The van der Waals surface area contributed by atoms with Crippen molar-refractivity contribution in [1.82, 2.24) is 0 Å². The summed E-state index contributed by atoms with van der Waals surface area (Å²) in [5.41, 5.74) is 1.37. The lowest BCUT2D eigenvalue weighted by Gasteiger charge is -2.21. The molecule has 2 aromatic carbocycles. The molecule has 19 heavy (non-hydrogen) atoms. The van der Waals surface area contributed by atoms with Gasteiger partial charge in [-0.15, -0.1) is 0 Å². The summed E-state index contributed by atoms with van der Waals surface area (Å²) in [5, 5.41) is 9.18. The van der Waals surface area contributed by atoms with Gasteiger partial charge in [-0.05, 0) is 17.7 Å². The van der Waals surface area contributed by atoms with Gasteiger partial charge in [-0.1, -0.05) is 30.3 Å². The molecule has 0 aliphatic rings. The first-order valence-electron chi connectivity index (χ1n) is 5.88. The van der Waals surface area contributed by atoms with Crippen molar-refractivity contribution < 1.29 is 14.3 Å². The third kappa shape index (κ3) is 3.10. The van der Waals surface area contributed by atoms with Crippen molar-refractivity contribution in [3.63, 3.8) is 0 Å². The topological polar surface area (TPSA) is 40.5 Å². The Labute approximate surface area is 110 Å². The largest absolute Gasteiger partial charge is 0.505 e. The molecule has 0 fully saturated rings. The molecule has 0 radical (unpaired) electrons. The summed E-state index contributed by atoms with van der Waals surface area (Å²) in [6.45, 7) is 1.79. The molecule has 0 aliphatic heterocycles. The minimum absolute atomic E-state index is 0.186. The monoisotopic (exact) mass is 259 g/mol. The number of nitrogens with zero attached hydrogens (tertiary/aromatic N) is 1. The van der Waals surface area contributed by atoms with E-state index in [0.29, 0.717) is 12.2 Å². The summed E-state index contributed by atoms with van der Waals surface area (Å²) in [4.78, 5) is 13.1. The van der Waals surface area contributed by atoms with E-state index in [-0.39, 0.29) is 5.91 Å². The minimum Gasteiger partial charge on any atom is -0.505 e. The Hall–Kier alpha value is -2.36. The van der Waals surface area contributed by atoms with Crippen LogP contribution in [0.25, 0.3) is 0 Å². The van der Waals surface area contributed by atoms with E-state index in [0.717, 1.165) is 11.6 Å². The van der Waals surface area contributed by atoms with Crippen LogP contribution in [0.5, 0.6) is 5.75 Å². The van der Waals surface area contributed by atoms with E-state index in [1.54, 1.807) is 0 Å². The fourth-order valence-electron chi connectivity index (χ4n) is 1.81. The molecule has 1 amide bonds. The predicted octanol–water partition coefficient (Wildman–Crippen LogP) is 3.08. The zero-order chi connectivity index (χ0) is 13.8. The first kappa shape index (κ1) is 13.1. The first-order valence-corrected chi connectivity index (χ1v) is 5.88.